The van der Waals surface area contributed by atoms with Crippen LogP contribution in [-0.4, -0.2) is 0 Å². The summed E-state index contributed by atoms with van der Waals surface area (Å²) in [6.45, 7) is 0. The van der Waals surface area contributed by atoms with E-state index < -0.39 is 14.6 Å². The first-order chi connectivity index (χ1) is 22.4. The first-order valence-corrected chi connectivity index (χ1v) is 18.5. The van der Waals surface area contributed by atoms with Gasteiger partial charge in [-0.15, -0.1) is 0 Å². The van der Waals surface area contributed by atoms with Gasteiger partial charge in [0.1, 0.15) is 23.0 Å². The van der Waals surface area contributed by atoms with E-state index in [1.807, 2.05) is 146 Å². The second-order valence-electron chi connectivity index (χ2n) is 10.9. The standard InChI is InChI=1S/C38H30N2O4P2/c41-45(25-35(29-14-5-1-6-15-29)43-36(26-45)30-16-7-2-8-17-30)39-33-22-13-23-34(24-33)40-46(42)27-37(31-18-9-3-10-19-31)44-38(28-46)32-20-11-4-12-21-32/h1-28H,(H,39,41)(H,40,42). The predicted molar refractivity (Wildman–Crippen MR) is 189 cm³/mol. The highest BCUT2D eigenvalue weighted by Crippen LogP contribution is 2.58. The fraction of sp³-hybridized carbons (Fsp3) is 0. The fourth-order valence-electron chi connectivity index (χ4n) is 5.25. The van der Waals surface area contributed by atoms with Crippen LogP contribution in [0.25, 0.3) is 23.0 Å². The van der Waals surface area contributed by atoms with Crippen LogP contribution in [0.1, 0.15) is 22.3 Å². The number of hydrogen-bond donors (Lipinski definition) is 2. The maximum atomic E-state index is 14.5. The van der Waals surface area contributed by atoms with Gasteiger partial charge >= 0.3 is 0 Å². The molecule has 0 aliphatic carbocycles. The van der Waals surface area contributed by atoms with Crippen molar-refractivity contribution in [1.82, 2.24) is 0 Å². The summed E-state index contributed by atoms with van der Waals surface area (Å²) in [5, 5.41) is 6.51. The van der Waals surface area contributed by atoms with Crippen molar-refractivity contribution < 1.29 is 18.6 Å². The quantitative estimate of drug-likeness (QED) is 0.164. The molecule has 0 radical (unpaired) electrons. The number of rotatable bonds is 8. The Morgan fingerprint density at radius 2 is 0.652 bits per heavy atom. The van der Waals surface area contributed by atoms with Crippen molar-refractivity contribution in [1.29, 1.82) is 0 Å². The van der Waals surface area contributed by atoms with Gasteiger partial charge in [-0.3, -0.25) is 9.13 Å². The molecular formula is C38H30N2O4P2. The molecule has 8 heteroatoms. The number of ether oxygens (including phenoxy) is 2. The Hall–Kier alpha value is -5.28. The molecule has 2 N–H and O–H groups in total. The molecule has 226 valence electrons. The second-order valence-corrected chi connectivity index (χ2v) is 15.2. The van der Waals surface area contributed by atoms with E-state index in [0.717, 1.165) is 22.3 Å². The Kier molecular flexibility index (Phi) is 8.07. The highest BCUT2D eigenvalue weighted by molar-refractivity contribution is 7.72. The lowest BCUT2D eigenvalue weighted by Gasteiger charge is -2.25. The molecular weight excluding hydrogens is 610 g/mol. The van der Waals surface area contributed by atoms with E-state index in [4.69, 9.17) is 9.47 Å². The first kappa shape index (κ1) is 29.4. The lowest BCUT2D eigenvalue weighted by molar-refractivity contribution is 0.468. The zero-order valence-corrected chi connectivity index (χ0v) is 26.5. The molecule has 46 heavy (non-hydrogen) atoms. The van der Waals surface area contributed by atoms with E-state index in [9.17, 15) is 9.13 Å². The number of benzene rings is 5. The molecule has 0 aromatic heterocycles. The molecule has 0 bridgehead atoms. The van der Waals surface area contributed by atoms with Crippen LogP contribution in [0.3, 0.4) is 0 Å². The van der Waals surface area contributed by atoms with Gasteiger partial charge in [0.15, 0.2) is 0 Å². The van der Waals surface area contributed by atoms with Gasteiger partial charge in [0.25, 0.3) is 0 Å². The van der Waals surface area contributed by atoms with Gasteiger partial charge in [-0.25, -0.2) is 0 Å². The van der Waals surface area contributed by atoms with Crippen molar-refractivity contribution in [3.63, 3.8) is 0 Å². The highest BCUT2D eigenvalue weighted by Gasteiger charge is 2.29. The van der Waals surface area contributed by atoms with Crippen LogP contribution in [0.5, 0.6) is 0 Å². The SMILES string of the molecule is O=P1(Nc2cccc(NP3(=O)C=C(c4ccccc4)OC(c4ccccc4)=C3)c2)C=C(c2ccccc2)OC(c2ccccc2)=C1. The largest absolute Gasteiger partial charge is 0.456 e. The van der Waals surface area contributed by atoms with Gasteiger partial charge in [-0.05, 0) is 18.2 Å². The first-order valence-electron chi connectivity index (χ1n) is 14.8. The minimum atomic E-state index is -3.30. The van der Waals surface area contributed by atoms with Crippen molar-refractivity contribution in [3.05, 3.63) is 191 Å². The summed E-state index contributed by atoms with van der Waals surface area (Å²) in [6, 6.07) is 45.8. The lowest BCUT2D eigenvalue weighted by Crippen LogP contribution is -2.04. The van der Waals surface area contributed by atoms with E-state index in [-0.39, 0.29) is 0 Å². The maximum absolute atomic E-state index is 14.5. The summed E-state index contributed by atoms with van der Waals surface area (Å²) in [4.78, 5) is 0. The van der Waals surface area contributed by atoms with Crippen LogP contribution in [0.2, 0.25) is 0 Å². The molecule has 7 rings (SSSR count). The highest BCUT2D eigenvalue weighted by atomic mass is 31.2. The van der Waals surface area contributed by atoms with Gasteiger partial charge in [-0.1, -0.05) is 127 Å². The minimum Gasteiger partial charge on any atom is -0.456 e. The molecule has 6 nitrogen and oxygen atoms in total. The second kappa shape index (κ2) is 12.6. The van der Waals surface area contributed by atoms with E-state index in [2.05, 4.69) is 10.2 Å². The fourth-order valence-corrected chi connectivity index (χ4v) is 8.94. The maximum Gasteiger partial charge on any atom is 0.220 e. The molecule has 0 amide bonds. The summed E-state index contributed by atoms with van der Waals surface area (Å²) >= 11 is 0. The third-order valence-electron chi connectivity index (χ3n) is 7.38. The smallest absolute Gasteiger partial charge is 0.220 e. The van der Waals surface area contributed by atoms with Crippen molar-refractivity contribution >= 4 is 49.0 Å². The molecule has 5 aromatic rings. The van der Waals surface area contributed by atoms with E-state index in [1.165, 1.54) is 0 Å². The third-order valence-corrected chi connectivity index (χ3v) is 11.1. The Morgan fingerprint density at radius 3 is 0.935 bits per heavy atom. The van der Waals surface area contributed by atoms with Gasteiger partial charge in [0.2, 0.25) is 14.6 Å². The van der Waals surface area contributed by atoms with Crippen molar-refractivity contribution in [2.24, 2.45) is 0 Å². The van der Waals surface area contributed by atoms with Crippen molar-refractivity contribution in [2.45, 2.75) is 0 Å². The Morgan fingerprint density at radius 1 is 0.370 bits per heavy atom. The lowest BCUT2D eigenvalue weighted by atomic mass is 10.2. The van der Waals surface area contributed by atoms with Crippen molar-refractivity contribution in [3.8, 4) is 0 Å². The predicted octanol–water partition coefficient (Wildman–Crippen LogP) is 11.1. The van der Waals surface area contributed by atoms with Crippen LogP contribution in [0.4, 0.5) is 11.4 Å². The van der Waals surface area contributed by atoms with Crippen molar-refractivity contribution in [2.75, 3.05) is 10.2 Å². The molecule has 0 unspecified atom stereocenters. The molecule has 2 heterocycles. The van der Waals surface area contributed by atoms with Gasteiger partial charge in [0.05, 0.1) is 0 Å². The Balaban J connectivity index is 1.22. The summed E-state index contributed by atoms with van der Waals surface area (Å²) in [7, 11) is -6.60. The molecule has 2 aliphatic heterocycles. The van der Waals surface area contributed by atoms with Crippen LogP contribution in [0.15, 0.2) is 169 Å². The summed E-state index contributed by atoms with van der Waals surface area (Å²) in [5.41, 5.74) is 4.48. The number of nitrogens with one attached hydrogen (secondary N) is 2. The topological polar surface area (TPSA) is 76.7 Å². The Bertz CT molecular complexity index is 1830. The normalized spacial score (nSPS) is 16.3. The summed E-state index contributed by atoms with van der Waals surface area (Å²) < 4.78 is 41.5. The average molecular weight is 641 g/mol. The van der Waals surface area contributed by atoms with E-state index in [0.29, 0.717) is 34.4 Å². The third kappa shape index (κ3) is 6.69. The molecule has 2 aliphatic rings. The minimum absolute atomic E-state index is 0.510. The molecule has 0 saturated carbocycles. The summed E-state index contributed by atoms with van der Waals surface area (Å²) in [5.74, 6) is 8.65. The molecule has 0 fully saturated rings. The molecule has 0 atom stereocenters. The van der Waals surface area contributed by atoms with Crippen LogP contribution >= 0.6 is 14.6 Å². The average Bonchev–Trinajstić information content (AvgIpc) is 3.09. The van der Waals surface area contributed by atoms with Crippen LogP contribution in [0, 0.1) is 0 Å². The molecule has 5 aromatic carbocycles. The molecule has 0 saturated heterocycles. The van der Waals surface area contributed by atoms with Crippen LogP contribution in [-0.2, 0) is 18.6 Å². The van der Waals surface area contributed by atoms with E-state index in [1.54, 1.807) is 23.3 Å². The Labute approximate surface area is 268 Å². The van der Waals surface area contributed by atoms with Gasteiger partial charge in [0, 0.05) is 56.9 Å². The van der Waals surface area contributed by atoms with E-state index >= 15 is 0 Å². The monoisotopic (exact) mass is 640 g/mol. The van der Waals surface area contributed by atoms with Gasteiger partial charge < -0.3 is 19.6 Å². The summed E-state index contributed by atoms with van der Waals surface area (Å²) in [6.07, 6.45) is 0. The number of hydrogen-bond acceptors (Lipinski definition) is 4. The zero-order valence-electron chi connectivity index (χ0n) is 24.7. The number of anilines is 2. The zero-order chi connectivity index (χ0) is 31.4. The molecule has 0 spiro atoms. The van der Waals surface area contributed by atoms with Gasteiger partial charge in [-0.2, -0.15) is 0 Å². The van der Waals surface area contributed by atoms with Crippen LogP contribution < -0.4 is 10.2 Å².